The lowest BCUT2D eigenvalue weighted by molar-refractivity contribution is -0.135. The Morgan fingerprint density at radius 1 is 1.35 bits per heavy atom. The number of para-hydroxylation sites is 1. The van der Waals surface area contributed by atoms with Crippen molar-refractivity contribution in [3.8, 4) is 0 Å². The first-order valence-electron chi connectivity index (χ1n) is 6.22. The van der Waals surface area contributed by atoms with Crippen molar-refractivity contribution in [1.82, 2.24) is 5.32 Å². The molecular weight excluding hydrogens is 260 g/mol. The predicted molar refractivity (Wildman–Crippen MR) is 73.8 cm³/mol. The van der Waals surface area contributed by atoms with Gasteiger partial charge in [0.2, 0.25) is 0 Å². The Labute approximate surface area is 116 Å². The fraction of sp³-hybridized carbons (Fsp3) is 0.286. The molecule has 4 N–H and O–H groups in total. The van der Waals surface area contributed by atoms with E-state index in [1.165, 1.54) is 0 Å². The van der Waals surface area contributed by atoms with Crippen LogP contribution in [0.25, 0.3) is 0 Å². The van der Waals surface area contributed by atoms with Gasteiger partial charge < -0.3 is 20.8 Å². The molecule has 0 aliphatic carbocycles. The van der Waals surface area contributed by atoms with Crippen LogP contribution in [-0.2, 0) is 16.0 Å². The summed E-state index contributed by atoms with van der Waals surface area (Å²) in [6.45, 7) is 0. The Morgan fingerprint density at radius 3 is 2.65 bits per heavy atom. The van der Waals surface area contributed by atoms with Gasteiger partial charge in [0.15, 0.2) is 0 Å². The number of carboxylic acids is 2. The second-order valence-corrected chi connectivity index (χ2v) is 4.62. The van der Waals surface area contributed by atoms with Crippen LogP contribution >= 0.6 is 0 Å². The van der Waals surface area contributed by atoms with E-state index in [0.29, 0.717) is 6.42 Å². The highest BCUT2D eigenvalue weighted by molar-refractivity contribution is 5.96. The van der Waals surface area contributed by atoms with Gasteiger partial charge in [-0.2, -0.15) is 0 Å². The molecular formula is C14H16N2O4. The van der Waals surface area contributed by atoms with Crippen LogP contribution in [0.4, 0.5) is 5.69 Å². The van der Waals surface area contributed by atoms with Gasteiger partial charge in [-0.15, -0.1) is 0 Å². The second-order valence-electron chi connectivity index (χ2n) is 4.62. The molecule has 0 amide bonds. The number of fused-ring (bicyclic) bond motifs is 1. The van der Waals surface area contributed by atoms with Crippen molar-refractivity contribution >= 4 is 17.6 Å². The van der Waals surface area contributed by atoms with E-state index in [-0.39, 0.29) is 11.6 Å². The Kier molecular flexibility index (Phi) is 4.05. The number of nitrogens with one attached hydrogen (secondary N) is 2. The third kappa shape index (κ3) is 2.80. The van der Waals surface area contributed by atoms with E-state index in [9.17, 15) is 14.7 Å². The smallest absolute Gasteiger partial charge is 0.334 e. The molecule has 0 saturated heterocycles. The minimum Gasteiger partial charge on any atom is -0.478 e. The fourth-order valence-electron chi connectivity index (χ4n) is 2.44. The van der Waals surface area contributed by atoms with Gasteiger partial charge >= 0.3 is 11.9 Å². The first kappa shape index (κ1) is 14.1. The zero-order valence-electron chi connectivity index (χ0n) is 11.0. The lowest BCUT2D eigenvalue weighted by Crippen LogP contribution is -2.49. The average Bonchev–Trinajstić information content (AvgIpc) is 2.42. The van der Waals surface area contributed by atoms with Gasteiger partial charge in [0, 0.05) is 17.8 Å². The van der Waals surface area contributed by atoms with Crippen LogP contribution in [0, 0.1) is 0 Å². The Bertz CT molecular complexity index is 568. The zero-order valence-corrected chi connectivity index (χ0v) is 11.0. The Hall–Kier alpha value is -2.34. The third-order valence-corrected chi connectivity index (χ3v) is 3.40. The number of hydrogen-bond donors (Lipinski definition) is 4. The molecule has 2 rings (SSSR count). The molecule has 0 fully saturated rings. The summed E-state index contributed by atoms with van der Waals surface area (Å²) >= 11 is 0. The quantitative estimate of drug-likeness (QED) is 0.604. The molecule has 106 valence electrons. The number of likely N-dealkylation sites (N-methyl/N-ethyl adjacent to an activating group) is 1. The average molecular weight is 276 g/mol. The van der Waals surface area contributed by atoms with Gasteiger partial charge in [-0.3, -0.25) is 0 Å². The molecule has 0 radical (unpaired) electrons. The summed E-state index contributed by atoms with van der Waals surface area (Å²) in [5, 5.41) is 24.2. The molecule has 0 spiro atoms. The maximum absolute atomic E-state index is 11.3. The van der Waals surface area contributed by atoms with Gasteiger partial charge in [-0.05, 0) is 25.1 Å². The molecule has 0 bridgehead atoms. The number of carboxylic acid groups (broad SMARTS) is 2. The van der Waals surface area contributed by atoms with E-state index in [1.54, 1.807) is 7.05 Å². The molecule has 1 aliphatic rings. The summed E-state index contributed by atoms with van der Waals surface area (Å²) in [5.74, 6) is -2.50. The molecule has 0 saturated carbocycles. The van der Waals surface area contributed by atoms with Crippen LogP contribution in [-0.4, -0.2) is 41.3 Å². The van der Waals surface area contributed by atoms with Gasteiger partial charge in [-0.1, -0.05) is 18.2 Å². The summed E-state index contributed by atoms with van der Waals surface area (Å²) in [6, 6.07) is 6.80. The predicted octanol–water partition coefficient (Wildman–Crippen LogP) is 0.707. The van der Waals surface area contributed by atoms with Crippen LogP contribution in [0.5, 0.6) is 0 Å². The van der Waals surface area contributed by atoms with Crippen molar-refractivity contribution in [3.63, 3.8) is 0 Å². The third-order valence-electron chi connectivity index (χ3n) is 3.40. The standard InChI is InChI=1S/C14H16N2O4/c1-15-11-6-8-4-2-3-5-10(8)16-13(11)9(14(19)20)7-12(17)18/h2-5,7,11,13,15-16H,6H2,1H3,(H,17,18)(H,19,20)/b9-7-/t11?,13-/m1/s1. The van der Waals surface area contributed by atoms with E-state index in [2.05, 4.69) is 10.6 Å². The van der Waals surface area contributed by atoms with Gasteiger partial charge in [-0.25, -0.2) is 9.59 Å². The Morgan fingerprint density at radius 2 is 2.05 bits per heavy atom. The lowest BCUT2D eigenvalue weighted by Gasteiger charge is -2.34. The highest BCUT2D eigenvalue weighted by atomic mass is 16.4. The highest BCUT2D eigenvalue weighted by Gasteiger charge is 2.33. The molecule has 1 unspecified atom stereocenters. The van der Waals surface area contributed by atoms with Crippen molar-refractivity contribution in [2.24, 2.45) is 0 Å². The van der Waals surface area contributed by atoms with Crippen molar-refractivity contribution < 1.29 is 19.8 Å². The first-order valence-corrected chi connectivity index (χ1v) is 6.22. The van der Waals surface area contributed by atoms with E-state index in [0.717, 1.165) is 17.3 Å². The van der Waals surface area contributed by atoms with Crippen molar-refractivity contribution in [2.75, 3.05) is 12.4 Å². The van der Waals surface area contributed by atoms with Crippen LogP contribution in [0.1, 0.15) is 5.56 Å². The molecule has 20 heavy (non-hydrogen) atoms. The Balaban J connectivity index is 2.39. The maximum Gasteiger partial charge on any atom is 0.334 e. The second kappa shape index (κ2) is 5.75. The fourth-order valence-corrected chi connectivity index (χ4v) is 2.44. The number of hydrogen-bond acceptors (Lipinski definition) is 4. The van der Waals surface area contributed by atoms with E-state index in [1.807, 2.05) is 24.3 Å². The van der Waals surface area contributed by atoms with Crippen LogP contribution in [0.2, 0.25) is 0 Å². The minimum absolute atomic E-state index is 0.161. The summed E-state index contributed by atoms with van der Waals surface area (Å²) in [4.78, 5) is 22.1. The molecule has 1 aliphatic heterocycles. The molecule has 6 heteroatoms. The normalized spacial score (nSPS) is 21.8. The van der Waals surface area contributed by atoms with Crippen LogP contribution in [0.3, 0.4) is 0 Å². The molecule has 1 aromatic rings. The van der Waals surface area contributed by atoms with Crippen molar-refractivity contribution in [2.45, 2.75) is 18.5 Å². The summed E-state index contributed by atoms with van der Waals surface area (Å²) in [5.41, 5.74) is 1.75. The topological polar surface area (TPSA) is 98.7 Å². The van der Waals surface area contributed by atoms with Crippen LogP contribution < -0.4 is 10.6 Å². The van der Waals surface area contributed by atoms with Gasteiger partial charge in [0.1, 0.15) is 0 Å². The van der Waals surface area contributed by atoms with Crippen LogP contribution in [0.15, 0.2) is 35.9 Å². The first-order chi connectivity index (χ1) is 9.52. The minimum atomic E-state index is -1.27. The highest BCUT2D eigenvalue weighted by Crippen LogP contribution is 2.27. The molecule has 1 aromatic carbocycles. The van der Waals surface area contributed by atoms with Gasteiger partial charge in [0.25, 0.3) is 0 Å². The number of rotatable bonds is 4. The number of aliphatic carboxylic acids is 2. The molecule has 0 aromatic heterocycles. The molecule has 6 nitrogen and oxygen atoms in total. The SMILES string of the molecule is CNC1Cc2ccccc2N[C@@H]1/C(=C/C(=O)O)C(=O)O. The summed E-state index contributed by atoms with van der Waals surface area (Å²) < 4.78 is 0. The summed E-state index contributed by atoms with van der Waals surface area (Å²) in [6.07, 6.45) is 1.38. The largest absolute Gasteiger partial charge is 0.478 e. The van der Waals surface area contributed by atoms with Crippen molar-refractivity contribution in [3.05, 3.63) is 41.5 Å². The monoisotopic (exact) mass is 276 g/mol. The maximum atomic E-state index is 11.3. The van der Waals surface area contributed by atoms with E-state index < -0.39 is 18.0 Å². The molecule has 1 heterocycles. The number of carbonyl (C=O) groups is 2. The summed E-state index contributed by atoms with van der Waals surface area (Å²) in [7, 11) is 1.73. The van der Waals surface area contributed by atoms with Gasteiger partial charge in [0.05, 0.1) is 11.6 Å². The van der Waals surface area contributed by atoms with Crippen molar-refractivity contribution in [1.29, 1.82) is 0 Å². The molecule has 2 atom stereocenters. The number of anilines is 1. The van der Waals surface area contributed by atoms with E-state index in [4.69, 9.17) is 5.11 Å². The zero-order chi connectivity index (χ0) is 14.7. The van der Waals surface area contributed by atoms with E-state index >= 15 is 0 Å². The number of benzene rings is 1. The lowest BCUT2D eigenvalue weighted by atomic mass is 9.88.